The van der Waals surface area contributed by atoms with Crippen LogP contribution < -0.4 is 5.32 Å². The summed E-state index contributed by atoms with van der Waals surface area (Å²) in [4.78, 5) is 19.6. The molecule has 1 N–H and O–H groups in total. The molecule has 0 aliphatic carbocycles. The molecule has 1 aliphatic heterocycles. The highest BCUT2D eigenvalue weighted by atomic mass is 35.5. The quantitative estimate of drug-likeness (QED) is 0.797. The molecule has 1 aromatic rings. The second-order valence-electron chi connectivity index (χ2n) is 3.61. The van der Waals surface area contributed by atoms with E-state index in [2.05, 4.69) is 15.3 Å². The number of halogens is 1. The first-order valence-electron chi connectivity index (χ1n) is 5.13. The van der Waals surface area contributed by atoms with Gasteiger partial charge in [-0.1, -0.05) is 11.6 Å². The first-order valence-corrected chi connectivity index (χ1v) is 5.50. The van der Waals surface area contributed by atoms with Gasteiger partial charge in [0.1, 0.15) is 5.15 Å². The highest BCUT2D eigenvalue weighted by Gasteiger charge is 2.22. The van der Waals surface area contributed by atoms with Crippen molar-refractivity contribution >= 4 is 23.5 Å². The van der Waals surface area contributed by atoms with Crippen molar-refractivity contribution in [3.8, 4) is 0 Å². The van der Waals surface area contributed by atoms with Gasteiger partial charge in [0.05, 0.1) is 12.5 Å². The zero-order chi connectivity index (χ0) is 11.4. The van der Waals surface area contributed by atoms with Crippen LogP contribution in [-0.2, 0) is 9.53 Å². The van der Waals surface area contributed by atoms with Crippen LogP contribution in [0.25, 0.3) is 0 Å². The molecule has 0 radical (unpaired) electrons. The van der Waals surface area contributed by atoms with Crippen LogP contribution in [0.2, 0.25) is 5.15 Å². The minimum absolute atomic E-state index is 0.109. The molecule has 0 saturated carbocycles. The van der Waals surface area contributed by atoms with Crippen molar-refractivity contribution in [2.24, 2.45) is 5.92 Å². The minimum Gasteiger partial charge on any atom is -0.381 e. The summed E-state index contributed by atoms with van der Waals surface area (Å²) < 4.78 is 5.24. The van der Waals surface area contributed by atoms with Gasteiger partial charge in [0.2, 0.25) is 11.9 Å². The standard InChI is InChI=1S/C10H12ClN3O2/c11-8-3-4-12-10(13-8)14-9(15)7-2-1-5-16-6-7/h3-4,7H,1-2,5-6H2,(H,12,13,14,15). The Bertz CT molecular complexity index is 380. The van der Waals surface area contributed by atoms with Crippen LogP contribution >= 0.6 is 11.6 Å². The second kappa shape index (κ2) is 5.23. The van der Waals surface area contributed by atoms with Gasteiger partial charge < -0.3 is 4.74 Å². The van der Waals surface area contributed by atoms with Gasteiger partial charge in [0.25, 0.3) is 0 Å². The lowest BCUT2D eigenvalue weighted by Crippen LogP contribution is -2.30. The van der Waals surface area contributed by atoms with E-state index in [1.807, 2.05) is 0 Å². The molecular formula is C10H12ClN3O2. The van der Waals surface area contributed by atoms with E-state index in [4.69, 9.17) is 16.3 Å². The molecule has 86 valence electrons. The maximum absolute atomic E-state index is 11.8. The molecule has 0 bridgehead atoms. The summed E-state index contributed by atoms with van der Waals surface area (Å²) >= 11 is 5.69. The third kappa shape index (κ3) is 2.90. The summed E-state index contributed by atoms with van der Waals surface area (Å²) in [5.74, 6) is 0.0152. The molecule has 0 aromatic carbocycles. The number of aromatic nitrogens is 2. The summed E-state index contributed by atoms with van der Waals surface area (Å²) in [6, 6.07) is 1.56. The lowest BCUT2D eigenvalue weighted by Gasteiger charge is -2.20. The molecule has 5 nitrogen and oxygen atoms in total. The summed E-state index contributed by atoms with van der Waals surface area (Å²) in [5, 5.41) is 2.94. The zero-order valence-electron chi connectivity index (χ0n) is 8.65. The fraction of sp³-hybridized carbons (Fsp3) is 0.500. The van der Waals surface area contributed by atoms with Crippen molar-refractivity contribution in [1.29, 1.82) is 0 Å². The Labute approximate surface area is 98.2 Å². The lowest BCUT2D eigenvalue weighted by atomic mass is 10.0. The van der Waals surface area contributed by atoms with E-state index in [0.29, 0.717) is 11.8 Å². The largest absolute Gasteiger partial charge is 0.381 e. The van der Waals surface area contributed by atoms with Crippen LogP contribution in [0.4, 0.5) is 5.95 Å². The fourth-order valence-electron chi connectivity index (χ4n) is 1.56. The maximum Gasteiger partial charge on any atom is 0.232 e. The lowest BCUT2D eigenvalue weighted by molar-refractivity contribution is -0.123. The van der Waals surface area contributed by atoms with Crippen molar-refractivity contribution in [2.45, 2.75) is 12.8 Å². The van der Waals surface area contributed by atoms with Gasteiger partial charge in [-0.25, -0.2) is 9.97 Å². The molecule has 6 heteroatoms. The molecule has 0 spiro atoms. The molecule has 1 fully saturated rings. The third-order valence-electron chi connectivity index (χ3n) is 2.39. The Kier molecular flexibility index (Phi) is 3.69. The first-order chi connectivity index (χ1) is 7.75. The number of anilines is 1. The minimum atomic E-state index is -0.115. The topological polar surface area (TPSA) is 64.1 Å². The SMILES string of the molecule is O=C(Nc1nccc(Cl)n1)C1CCCOC1. The normalized spacial score (nSPS) is 20.4. The van der Waals surface area contributed by atoms with Crippen LogP contribution in [-0.4, -0.2) is 29.1 Å². The number of carbonyl (C=O) groups is 1. The van der Waals surface area contributed by atoms with Gasteiger partial charge in [0, 0.05) is 12.8 Å². The molecule has 2 heterocycles. The number of nitrogens with zero attached hydrogens (tertiary/aromatic N) is 2. The Morgan fingerprint density at radius 1 is 1.62 bits per heavy atom. The summed E-state index contributed by atoms with van der Waals surface area (Å²) in [6.45, 7) is 1.20. The number of ether oxygens (including phenoxy) is 1. The highest BCUT2D eigenvalue weighted by Crippen LogP contribution is 2.15. The second-order valence-corrected chi connectivity index (χ2v) is 3.99. The van der Waals surface area contributed by atoms with Crippen LogP contribution in [0.3, 0.4) is 0 Å². The van der Waals surface area contributed by atoms with Crippen LogP contribution in [0.15, 0.2) is 12.3 Å². The van der Waals surface area contributed by atoms with Gasteiger partial charge in [-0.05, 0) is 18.9 Å². The van der Waals surface area contributed by atoms with Gasteiger partial charge in [-0.3, -0.25) is 10.1 Å². The van der Waals surface area contributed by atoms with E-state index in [0.717, 1.165) is 19.4 Å². The third-order valence-corrected chi connectivity index (χ3v) is 2.60. The average Bonchev–Trinajstić information content (AvgIpc) is 2.30. The molecule has 1 amide bonds. The van der Waals surface area contributed by atoms with E-state index in [1.54, 1.807) is 6.07 Å². The smallest absolute Gasteiger partial charge is 0.232 e. The number of amides is 1. The zero-order valence-corrected chi connectivity index (χ0v) is 9.41. The number of carbonyl (C=O) groups excluding carboxylic acids is 1. The van der Waals surface area contributed by atoms with Crippen LogP contribution in [0.5, 0.6) is 0 Å². The van der Waals surface area contributed by atoms with Crippen molar-refractivity contribution in [1.82, 2.24) is 9.97 Å². The number of hydrogen-bond acceptors (Lipinski definition) is 4. The Morgan fingerprint density at radius 3 is 3.19 bits per heavy atom. The van der Waals surface area contributed by atoms with Crippen molar-refractivity contribution in [3.05, 3.63) is 17.4 Å². The number of nitrogens with one attached hydrogen (secondary N) is 1. The van der Waals surface area contributed by atoms with E-state index in [-0.39, 0.29) is 17.8 Å². The summed E-state index contributed by atoms with van der Waals surface area (Å²) in [7, 11) is 0. The Morgan fingerprint density at radius 2 is 2.50 bits per heavy atom. The maximum atomic E-state index is 11.8. The predicted octanol–water partition coefficient (Wildman–Crippen LogP) is 1.50. The molecule has 1 aromatic heterocycles. The van der Waals surface area contributed by atoms with E-state index in [9.17, 15) is 4.79 Å². The van der Waals surface area contributed by atoms with E-state index >= 15 is 0 Å². The Balaban J connectivity index is 1.96. The molecule has 1 saturated heterocycles. The molecule has 1 aliphatic rings. The van der Waals surface area contributed by atoms with Gasteiger partial charge in [-0.2, -0.15) is 0 Å². The Hall–Kier alpha value is -1.20. The van der Waals surface area contributed by atoms with Gasteiger partial charge >= 0.3 is 0 Å². The van der Waals surface area contributed by atoms with Gasteiger partial charge in [0.15, 0.2) is 0 Å². The predicted molar refractivity (Wildman–Crippen MR) is 59.2 cm³/mol. The molecule has 16 heavy (non-hydrogen) atoms. The average molecular weight is 242 g/mol. The molecule has 2 rings (SSSR count). The summed E-state index contributed by atoms with van der Waals surface area (Å²) in [6.07, 6.45) is 3.25. The monoisotopic (exact) mass is 241 g/mol. The van der Waals surface area contributed by atoms with Gasteiger partial charge in [-0.15, -0.1) is 0 Å². The summed E-state index contributed by atoms with van der Waals surface area (Å²) in [5.41, 5.74) is 0. The fourth-order valence-corrected chi connectivity index (χ4v) is 1.69. The number of rotatable bonds is 2. The first kappa shape index (κ1) is 11.3. The van der Waals surface area contributed by atoms with E-state index < -0.39 is 0 Å². The molecule has 1 unspecified atom stereocenters. The van der Waals surface area contributed by atoms with Crippen molar-refractivity contribution in [2.75, 3.05) is 18.5 Å². The molecule has 1 atom stereocenters. The number of hydrogen-bond donors (Lipinski definition) is 1. The van der Waals surface area contributed by atoms with Crippen LogP contribution in [0, 0.1) is 5.92 Å². The van der Waals surface area contributed by atoms with E-state index in [1.165, 1.54) is 6.20 Å². The molecular weight excluding hydrogens is 230 g/mol. The van der Waals surface area contributed by atoms with Crippen LogP contribution in [0.1, 0.15) is 12.8 Å². The van der Waals surface area contributed by atoms with Crippen molar-refractivity contribution < 1.29 is 9.53 Å². The van der Waals surface area contributed by atoms with Crippen molar-refractivity contribution in [3.63, 3.8) is 0 Å². The highest BCUT2D eigenvalue weighted by molar-refractivity contribution is 6.29.